The molecule has 29 heavy (non-hydrogen) atoms. The Balaban J connectivity index is 1.95. The number of nitriles is 1. The lowest BCUT2D eigenvalue weighted by Gasteiger charge is -2.21. The van der Waals surface area contributed by atoms with E-state index in [2.05, 4.69) is 16.2 Å². The summed E-state index contributed by atoms with van der Waals surface area (Å²) in [4.78, 5) is 5.63. The summed E-state index contributed by atoms with van der Waals surface area (Å²) >= 11 is 1.29. The zero-order valence-corrected chi connectivity index (χ0v) is 16.0. The number of thiophene rings is 1. The second-order valence-electron chi connectivity index (χ2n) is 6.52. The molecule has 0 spiro atoms. The van der Waals surface area contributed by atoms with E-state index < -0.39 is 23.6 Å². The van der Waals surface area contributed by atoms with Crippen LogP contribution in [0.4, 0.5) is 17.6 Å². The maximum atomic E-state index is 14.9. The van der Waals surface area contributed by atoms with E-state index in [0.717, 1.165) is 21.2 Å². The second-order valence-corrected chi connectivity index (χ2v) is 7.65. The first-order valence-corrected chi connectivity index (χ1v) is 9.61. The van der Waals surface area contributed by atoms with Crippen LogP contribution in [0.3, 0.4) is 0 Å². The van der Waals surface area contributed by atoms with Gasteiger partial charge in [0.2, 0.25) is 0 Å². The first kappa shape index (κ1) is 19.3. The van der Waals surface area contributed by atoms with Crippen molar-refractivity contribution in [2.75, 3.05) is 0 Å². The highest BCUT2D eigenvalue weighted by Crippen LogP contribution is 2.43. The van der Waals surface area contributed by atoms with Gasteiger partial charge in [-0.2, -0.15) is 23.5 Å². The van der Waals surface area contributed by atoms with Gasteiger partial charge in [0, 0.05) is 40.9 Å². The van der Waals surface area contributed by atoms with Gasteiger partial charge >= 0.3 is 6.18 Å². The lowest BCUT2D eigenvalue weighted by atomic mass is 9.85. The largest absolute Gasteiger partial charge is 0.435 e. The zero-order chi connectivity index (χ0) is 20.8. The number of hydrogen-bond acceptors (Lipinski definition) is 4. The third-order valence-electron chi connectivity index (χ3n) is 4.78. The summed E-state index contributed by atoms with van der Waals surface area (Å²) in [7, 11) is 0. The van der Waals surface area contributed by atoms with Gasteiger partial charge in [0.15, 0.2) is 5.69 Å². The SMILES string of the molecule is CCn1cc(-c2c(F)cccc2[C@@H]2C=NCc3sc(C#N)cc32)c(C(F)(F)F)n1. The van der Waals surface area contributed by atoms with Crippen LogP contribution in [0.25, 0.3) is 11.1 Å². The van der Waals surface area contributed by atoms with E-state index in [1.165, 1.54) is 23.6 Å². The molecule has 0 radical (unpaired) electrons. The van der Waals surface area contributed by atoms with Gasteiger partial charge in [0.05, 0.1) is 6.54 Å². The highest BCUT2D eigenvalue weighted by atomic mass is 32.1. The number of benzene rings is 1. The van der Waals surface area contributed by atoms with E-state index in [9.17, 15) is 22.8 Å². The molecule has 148 valence electrons. The number of nitrogens with zero attached hydrogens (tertiary/aromatic N) is 4. The van der Waals surface area contributed by atoms with Crippen LogP contribution in [0.5, 0.6) is 0 Å². The van der Waals surface area contributed by atoms with Gasteiger partial charge in [0.1, 0.15) is 16.8 Å². The number of aromatic nitrogens is 2. The fourth-order valence-corrected chi connectivity index (χ4v) is 4.45. The lowest BCUT2D eigenvalue weighted by Crippen LogP contribution is -2.12. The van der Waals surface area contributed by atoms with Gasteiger partial charge in [-0.05, 0) is 30.2 Å². The van der Waals surface area contributed by atoms with E-state index >= 15 is 0 Å². The first-order chi connectivity index (χ1) is 13.8. The molecule has 3 heterocycles. The molecule has 4 rings (SSSR count). The molecule has 0 N–H and O–H groups in total. The molecular formula is C20H14F4N4S. The molecule has 0 fully saturated rings. The highest BCUT2D eigenvalue weighted by Gasteiger charge is 2.39. The maximum Gasteiger partial charge on any atom is 0.435 e. The minimum atomic E-state index is -4.72. The van der Waals surface area contributed by atoms with Crippen LogP contribution in [-0.4, -0.2) is 16.0 Å². The molecule has 3 aromatic rings. The molecule has 9 heteroatoms. The van der Waals surface area contributed by atoms with Gasteiger partial charge in [-0.25, -0.2) is 4.39 Å². The summed E-state index contributed by atoms with van der Waals surface area (Å²) in [6.07, 6.45) is -1.90. The molecule has 0 saturated heterocycles. The van der Waals surface area contributed by atoms with Crippen LogP contribution in [0.15, 0.2) is 35.5 Å². The summed E-state index contributed by atoms with van der Waals surface area (Å²) < 4.78 is 56.9. The molecule has 0 unspecified atom stereocenters. The summed E-state index contributed by atoms with van der Waals surface area (Å²) in [6, 6.07) is 7.97. The van der Waals surface area contributed by atoms with Crippen LogP contribution in [0.2, 0.25) is 0 Å². The number of fused-ring (bicyclic) bond motifs is 1. The third-order valence-corrected chi connectivity index (χ3v) is 5.82. The monoisotopic (exact) mass is 418 g/mol. The molecule has 0 bridgehead atoms. The van der Waals surface area contributed by atoms with Crippen LogP contribution in [0.1, 0.15) is 39.4 Å². The van der Waals surface area contributed by atoms with Crippen molar-refractivity contribution in [1.29, 1.82) is 5.26 Å². The van der Waals surface area contributed by atoms with E-state index in [1.54, 1.807) is 25.3 Å². The van der Waals surface area contributed by atoms with Crippen LogP contribution >= 0.6 is 11.3 Å². The molecule has 0 aliphatic carbocycles. The summed E-state index contributed by atoms with van der Waals surface area (Å²) in [5.74, 6) is -1.31. The van der Waals surface area contributed by atoms with Crippen LogP contribution in [-0.2, 0) is 19.3 Å². The molecule has 4 nitrogen and oxygen atoms in total. The van der Waals surface area contributed by atoms with E-state index in [0.29, 0.717) is 17.0 Å². The van der Waals surface area contributed by atoms with Crippen LogP contribution < -0.4 is 0 Å². The minimum Gasteiger partial charge on any atom is -0.291 e. The average molecular weight is 418 g/mol. The molecule has 0 amide bonds. The van der Waals surface area contributed by atoms with Crippen molar-refractivity contribution in [1.82, 2.24) is 9.78 Å². The number of aryl methyl sites for hydroxylation is 1. The first-order valence-electron chi connectivity index (χ1n) is 8.79. The van der Waals surface area contributed by atoms with E-state index in [-0.39, 0.29) is 17.7 Å². The Bertz CT molecular complexity index is 1150. The second kappa shape index (κ2) is 7.12. The van der Waals surface area contributed by atoms with Crippen molar-refractivity contribution in [2.45, 2.75) is 32.1 Å². The predicted octanol–water partition coefficient (Wildman–Crippen LogP) is 5.38. The Morgan fingerprint density at radius 1 is 1.31 bits per heavy atom. The quantitative estimate of drug-likeness (QED) is 0.537. The van der Waals surface area contributed by atoms with Gasteiger partial charge in [-0.3, -0.25) is 9.67 Å². The van der Waals surface area contributed by atoms with Crippen molar-refractivity contribution >= 4 is 17.6 Å². The molecule has 0 saturated carbocycles. The number of aliphatic imine (C=N–C) groups is 1. The topological polar surface area (TPSA) is 54.0 Å². The summed E-state index contributed by atoms with van der Waals surface area (Å²) in [5, 5.41) is 12.8. The molecule has 1 aromatic carbocycles. The van der Waals surface area contributed by atoms with Crippen molar-refractivity contribution in [2.24, 2.45) is 4.99 Å². The highest BCUT2D eigenvalue weighted by molar-refractivity contribution is 7.12. The van der Waals surface area contributed by atoms with Gasteiger partial charge < -0.3 is 0 Å². The maximum absolute atomic E-state index is 14.9. The van der Waals surface area contributed by atoms with Crippen molar-refractivity contribution in [3.8, 4) is 17.2 Å². The fourth-order valence-electron chi connectivity index (χ4n) is 3.51. The van der Waals surface area contributed by atoms with Crippen molar-refractivity contribution < 1.29 is 17.6 Å². The standard InChI is InChI=1S/C20H14F4N4S/c1-2-28-10-15(19(27-28)20(22,23)24)18-12(4-3-5-16(18)21)14-8-26-9-17-13(14)6-11(7-25)29-17/h3-6,8,10,14H,2,9H2,1H3/t14-/m0/s1. The molecule has 1 aliphatic heterocycles. The van der Waals surface area contributed by atoms with Crippen molar-refractivity contribution in [3.63, 3.8) is 0 Å². The van der Waals surface area contributed by atoms with E-state index in [4.69, 9.17) is 0 Å². The Hall–Kier alpha value is -2.99. The Morgan fingerprint density at radius 2 is 2.10 bits per heavy atom. The smallest absolute Gasteiger partial charge is 0.291 e. The summed E-state index contributed by atoms with van der Waals surface area (Å²) in [6.45, 7) is 2.27. The van der Waals surface area contributed by atoms with Gasteiger partial charge in [-0.1, -0.05) is 12.1 Å². The lowest BCUT2D eigenvalue weighted by molar-refractivity contribution is -0.141. The van der Waals surface area contributed by atoms with Crippen LogP contribution in [0, 0.1) is 17.1 Å². The molecule has 1 atom stereocenters. The van der Waals surface area contributed by atoms with E-state index in [1.807, 2.05) is 0 Å². The van der Waals surface area contributed by atoms with Gasteiger partial charge in [0.25, 0.3) is 0 Å². The number of alkyl halides is 3. The van der Waals surface area contributed by atoms with Crippen molar-refractivity contribution in [3.05, 3.63) is 62.9 Å². The predicted molar refractivity (Wildman–Crippen MR) is 101 cm³/mol. The molecule has 2 aromatic heterocycles. The molecule has 1 aliphatic rings. The number of halogens is 4. The number of rotatable bonds is 3. The van der Waals surface area contributed by atoms with Gasteiger partial charge in [-0.15, -0.1) is 11.3 Å². The molecular weight excluding hydrogens is 404 g/mol. The Morgan fingerprint density at radius 3 is 2.79 bits per heavy atom. The summed E-state index contributed by atoms with van der Waals surface area (Å²) in [5.41, 5.74) is -0.443. The average Bonchev–Trinajstić information content (AvgIpc) is 3.31. The Kier molecular flexibility index (Phi) is 4.74. The normalized spacial score (nSPS) is 15.9. The third kappa shape index (κ3) is 3.34. The fraction of sp³-hybridized carbons (Fsp3) is 0.250. The minimum absolute atomic E-state index is 0.145. The Labute approximate surface area is 167 Å². The zero-order valence-electron chi connectivity index (χ0n) is 15.2. The number of hydrogen-bond donors (Lipinski definition) is 0.